The molecule has 1 fully saturated rings. The summed E-state index contributed by atoms with van der Waals surface area (Å²) < 4.78 is 5.82. The van der Waals surface area contributed by atoms with Gasteiger partial charge in [0.05, 0.1) is 0 Å². The molecule has 0 spiro atoms. The predicted octanol–water partition coefficient (Wildman–Crippen LogP) is 3.05. The van der Waals surface area contributed by atoms with E-state index < -0.39 is 0 Å². The van der Waals surface area contributed by atoms with Crippen molar-refractivity contribution in [2.75, 3.05) is 0 Å². The van der Waals surface area contributed by atoms with Gasteiger partial charge in [-0.3, -0.25) is 0 Å². The van der Waals surface area contributed by atoms with Gasteiger partial charge in [0.15, 0.2) is 0 Å². The first-order chi connectivity index (χ1) is 7.88. The molecule has 1 aliphatic rings. The van der Waals surface area contributed by atoms with Gasteiger partial charge in [-0.1, -0.05) is 18.9 Å². The van der Waals surface area contributed by atoms with E-state index >= 15 is 0 Å². The number of nitrogens with zero attached hydrogens (tertiary/aromatic N) is 2. The summed E-state index contributed by atoms with van der Waals surface area (Å²) in [4.78, 5) is 4.13. The van der Waals surface area contributed by atoms with Gasteiger partial charge in [0, 0.05) is 6.07 Å². The van der Waals surface area contributed by atoms with Crippen molar-refractivity contribution in [2.45, 2.75) is 44.6 Å². The van der Waals surface area contributed by atoms with Crippen molar-refractivity contribution in [2.24, 2.45) is 0 Å². The number of hydrogen-bond donors (Lipinski definition) is 0. The maximum absolute atomic E-state index is 8.74. The van der Waals surface area contributed by atoms with Gasteiger partial charge >= 0.3 is 0 Å². The van der Waals surface area contributed by atoms with Crippen LogP contribution in [0, 0.1) is 11.3 Å². The molecule has 1 aromatic heterocycles. The Kier molecular flexibility index (Phi) is 3.76. The van der Waals surface area contributed by atoms with Crippen molar-refractivity contribution in [3.05, 3.63) is 23.9 Å². The fraction of sp³-hybridized carbons (Fsp3) is 0.538. The molecule has 0 unspecified atom stereocenters. The predicted molar refractivity (Wildman–Crippen MR) is 61.1 cm³/mol. The van der Waals surface area contributed by atoms with Crippen LogP contribution in [0.3, 0.4) is 0 Å². The van der Waals surface area contributed by atoms with E-state index in [1.807, 2.05) is 18.2 Å². The molecule has 2 rings (SSSR count). The molecular formula is C13H16N2O. The number of nitriles is 1. The molecule has 16 heavy (non-hydrogen) atoms. The van der Waals surface area contributed by atoms with Gasteiger partial charge in [-0.15, -0.1) is 0 Å². The van der Waals surface area contributed by atoms with E-state index in [9.17, 15) is 0 Å². The van der Waals surface area contributed by atoms with E-state index in [0.29, 0.717) is 11.6 Å². The van der Waals surface area contributed by atoms with Crippen molar-refractivity contribution < 1.29 is 4.74 Å². The standard InChI is InChI=1S/C13H16N2O/c14-10-11-6-5-9-13(15-11)16-12-7-3-1-2-4-8-12/h5-6,9,12H,1-4,7-8H2. The van der Waals surface area contributed by atoms with Gasteiger partial charge in [-0.2, -0.15) is 5.26 Å². The first kappa shape index (κ1) is 10.9. The molecule has 0 amide bonds. The summed E-state index contributed by atoms with van der Waals surface area (Å²) in [6, 6.07) is 7.36. The van der Waals surface area contributed by atoms with Crippen molar-refractivity contribution in [1.82, 2.24) is 4.98 Å². The normalized spacial score (nSPS) is 17.4. The van der Waals surface area contributed by atoms with Crippen molar-refractivity contribution in [3.63, 3.8) is 0 Å². The lowest BCUT2D eigenvalue weighted by Gasteiger charge is -2.15. The quantitative estimate of drug-likeness (QED) is 0.714. The fourth-order valence-corrected chi connectivity index (χ4v) is 2.07. The Bertz CT molecular complexity index is 376. The first-order valence-electron chi connectivity index (χ1n) is 5.92. The number of aromatic nitrogens is 1. The molecule has 1 saturated carbocycles. The van der Waals surface area contributed by atoms with E-state index in [1.54, 1.807) is 6.07 Å². The van der Waals surface area contributed by atoms with Crippen LogP contribution in [0.5, 0.6) is 5.88 Å². The Hall–Kier alpha value is -1.56. The third kappa shape index (κ3) is 2.96. The highest BCUT2D eigenvalue weighted by molar-refractivity contribution is 5.24. The van der Waals surface area contributed by atoms with Crippen LogP contribution in [0.25, 0.3) is 0 Å². The van der Waals surface area contributed by atoms with Gasteiger partial charge in [0.25, 0.3) is 0 Å². The van der Waals surface area contributed by atoms with Crippen LogP contribution in [-0.4, -0.2) is 11.1 Å². The molecule has 0 atom stereocenters. The van der Waals surface area contributed by atoms with E-state index in [4.69, 9.17) is 10.00 Å². The minimum atomic E-state index is 0.281. The Labute approximate surface area is 96.1 Å². The molecule has 0 radical (unpaired) electrons. The van der Waals surface area contributed by atoms with Crippen molar-refractivity contribution in [1.29, 1.82) is 5.26 Å². The van der Waals surface area contributed by atoms with Crippen LogP contribution in [0.1, 0.15) is 44.2 Å². The molecule has 0 bridgehead atoms. The van der Waals surface area contributed by atoms with Gasteiger partial charge < -0.3 is 4.74 Å². The zero-order valence-corrected chi connectivity index (χ0v) is 9.35. The lowest BCUT2D eigenvalue weighted by Crippen LogP contribution is -2.15. The molecule has 0 aromatic carbocycles. The molecule has 3 nitrogen and oxygen atoms in total. The minimum Gasteiger partial charge on any atom is -0.474 e. The number of pyridine rings is 1. The second kappa shape index (κ2) is 5.50. The SMILES string of the molecule is N#Cc1cccc(OC2CCCCCC2)n1. The van der Waals surface area contributed by atoms with Crippen LogP contribution in [0.15, 0.2) is 18.2 Å². The zero-order chi connectivity index (χ0) is 11.2. The molecule has 1 aliphatic carbocycles. The van der Waals surface area contributed by atoms with Gasteiger partial charge in [0.1, 0.15) is 17.9 Å². The monoisotopic (exact) mass is 216 g/mol. The number of hydrogen-bond acceptors (Lipinski definition) is 3. The third-order valence-corrected chi connectivity index (χ3v) is 2.93. The maximum atomic E-state index is 8.74. The number of rotatable bonds is 2. The highest BCUT2D eigenvalue weighted by atomic mass is 16.5. The highest BCUT2D eigenvalue weighted by Crippen LogP contribution is 2.21. The van der Waals surface area contributed by atoms with Crippen LogP contribution in [-0.2, 0) is 0 Å². The molecule has 0 aliphatic heterocycles. The summed E-state index contributed by atoms with van der Waals surface area (Å²) in [5, 5.41) is 8.74. The summed E-state index contributed by atoms with van der Waals surface area (Å²) in [6.45, 7) is 0. The smallest absolute Gasteiger partial charge is 0.214 e. The molecule has 1 aromatic rings. The Morgan fingerprint density at radius 2 is 1.94 bits per heavy atom. The Balaban J connectivity index is 1.99. The zero-order valence-electron chi connectivity index (χ0n) is 9.35. The van der Waals surface area contributed by atoms with E-state index in [0.717, 1.165) is 12.8 Å². The molecular weight excluding hydrogens is 200 g/mol. The third-order valence-electron chi connectivity index (χ3n) is 2.93. The lowest BCUT2D eigenvalue weighted by molar-refractivity contribution is 0.176. The fourth-order valence-electron chi connectivity index (χ4n) is 2.07. The van der Waals surface area contributed by atoms with E-state index in [1.165, 1.54) is 25.7 Å². The summed E-state index contributed by atoms with van der Waals surface area (Å²) in [5.74, 6) is 0.589. The minimum absolute atomic E-state index is 0.281. The molecule has 0 N–H and O–H groups in total. The van der Waals surface area contributed by atoms with Crippen LogP contribution >= 0.6 is 0 Å². The van der Waals surface area contributed by atoms with Gasteiger partial charge in [-0.05, 0) is 31.7 Å². The molecule has 84 valence electrons. The average Bonchev–Trinajstić information content (AvgIpc) is 2.58. The topological polar surface area (TPSA) is 45.9 Å². The highest BCUT2D eigenvalue weighted by Gasteiger charge is 2.14. The van der Waals surface area contributed by atoms with E-state index in [2.05, 4.69) is 4.98 Å². The maximum Gasteiger partial charge on any atom is 0.214 e. The summed E-state index contributed by atoms with van der Waals surface area (Å²) in [6.07, 6.45) is 7.60. The summed E-state index contributed by atoms with van der Waals surface area (Å²) in [5.41, 5.74) is 0.422. The Morgan fingerprint density at radius 3 is 2.62 bits per heavy atom. The Morgan fingerprint density at radius 1 is 1.19 bits per heavy atom. The molecule has 0 saturated heterocycles. The van der Waals surface area contributed by atoms with Crippen LogP contribution in [0.2, 0.25) is 0 Å². The van der Waals surface area contributed by atoms with Crippen molar-refractivity contribution in [3.8, 4) is 11.9 Å². The summed E-state index contributed by atoms with van der Waals surface area (Å²) >= 11 is 0. The van der Waals surface area contributed by atoms with E-state index in [-0.39, 0.29) is 6.10 Å². The molecule has 3 heteroatoms. The number of ether oxygens (including phenoxy) is 1. The largest absolute Gasteiger partial charge is 0.474 e. The van der Waals surface area contributed by atoms with Gasteiger partial charge in [-0.25, -0.2) is 4.98 Å². The first-order valence-corrected chi connectivity index (χ1v) is 5.92. The van der Waals surface area contributed by atoms with Crippen LogP contribution < -0.4 is 4.74 Å². The average molecular weight is 216 g/mol. The second-order valence-electron chi connectivity index (χ2n) is 4.20. The molecule has 1 heterocycles. The van der Waals surface area contributed by atoms with Gasteiger partial charge in [0.2, 0.25) is 5.88 Å². The van der Waals surface area contributed by atoms with Crippen molar-refractivity contribution >= 4 is 0 Å². The second-order valence-corrected chi connectivity index (χ2v) is 4.20. The summed E-state index contributed by atoms with van der Waals surface area (Å²) in [7, 11) is 0. The lowest BCUT2D eigenvalue weighted by atomic mass is 10.1. The van der Waals surface area contributed by atoms with Crippen LogP contribution in [0.4, 0.5) is 0 Å².